The van der Waals surface area contributed by atoms with Crippen molar-refractivity contribution in [3.63, 3.8) is 0 Å². The van der Waals surface area contributed by atoms with E-state index in [4.69, 9.17) is 11.2 Å². The van der Waals surface area contributed by atoms with E-state index < -0.39 is 23.3 Å². The van der Waals surface area contributed by atoms with Crippen LogP contribution in [-0.2, 0) is 0 Å². The van der Waals surface area contributed by atoms with Crippen LogP contribution in [0, 0.1) is 24.0 Å². The highest BCUT2D eigenvalue weighted by Crippen LogP contribution is 2.23. The normalized spacial score (nSPS) is 10.2. The van der Waals surface area contributed by atoms with Gasteiger partial charge in [-0.2, -0.15) is 0 Å². The van der Waals surface area contributed by atoms with Gasteiger partial charge in [-0.3, -0.25) is 4.79 Å². The van der Waals surface area contributed by atoms with Gasteiger partial charge in [-0.15, -0.1) is 6.42 Å². The predicted molar refractivity (Wildman–Crippen MR) is 72.5 cm³/mol. The molecule has 0 spiro atoms. The lowest BCUT2D eigenvalue weighted by Gasteiger charge is -2.15. The summed E-state index contributed by atoms with van der Waals surface area (Å²) in [5.74, 6) is -0.865. The van der Waals surface area contributed by atoms with E-state index in [0.29, 0.717) is 0 Å². The molecule has 1 N–H and O–H groups in total. The van der Waals surface area contributed by atoms with E-state index >= 15 is 0 Å². The summed E-state index contributed by atoms with van der Waals surface area (Å²) in [6.45, 7) is 3.60. The van der Waals surface area contributed by atoms with Gasteiger partial charge in [0.25, 0.3) is 5.91 Å². The SMILES string of the molecule is C#CCOc1c(F)cc(C(=O)NC(CC)CC)cc1F. The quantitative estimate of drug-likeness (QED) is 0.814. The van der Waals surface area contributed by atoms with E-state index in [0.717, 1.165) is 25.0 Å². The second-order valence-electron chi connectivity index (χ2n) is 4.25. The zero-order valence-corrected chi connectivity index (χ0v) is 11.5. The van der Waals surface area contributed by atoms with Crippen LogP contribution in [0.25, 0.3) is 0 Å². The minimum atomic E-state index is -0.949. The average molecular weight is 281 g/mol. The van der Waals surface area contributed by atoms with Gasteiger partial charge < -0.3 is 10.1 Å². The van der Waals surface area contributed by atoms with Crippen molar-refractivity contribution >= 4 is 5.91 Å². The highest BCUT2D eigenvalue weighted by Gasteiger charge is 2.17. The van der Waals surface area contributed by atoms with Gasteiger partial charge in [0, 0.05) is 11.6 Å². The van der Waals surface area contributed by atoms with Crippen molar-refractivity contribution in [3.8, 4) is 18.1 Å². The van der Waals surface area contributed by atoms with Crippen molar-refractivity contribution in [2.24, 2.45) is 0 Å². The molecule has 1 amide bonds. The van der Waals surface area contributed by atoms with Crippen LogP contribution in [0.3, 0.4) is 0 Å². The van der Waals surface area contributed by atoms with Crippen LogP contribution in [-0.4, -0.2) is 18.6 Å². The van der Waals surface area contributed by atoms with Crippen LogP contribution in [0.15, 0.2) is 12.1 Å². The molecule has 5 heteroatoms. The fraction of sp³-hybridized carbons (Fsp3) is 0.400. The van der Waals surface area contributed by atoms with Crippen molar-refractivity contribution < 1.29 is 18.3 Å². The van der Waals surface area contributed by atoms with E-state index in [1.54, 1.807) is 0 Å². The third kappa shape index (κ3) is 3.95. The topological polar surface area (TPSA) is 38.3 Å². The number of amides is 1. The molecule has 1 rings (SSSR count). The molecule has 1 aromatic rings. The Morgan fingerprint density at radius 3 is 2.35 bits per heavy atom. The molecule has 0 saturated heterocycles. The Hall–Kier alpha value is -2.09. The summed E-state index contributed by atoms with van der Waals surface area (Å²) in [5.41, 5.74) is -0.0834. The molecule has 0 atom stereocenters. The molecule has 1 aromatic carbocycles. The van der Waals surface area contributed by atoms with Crippen molar-refractivity contribution in [2.75, 3.05) is 6.61 Å². The van der Waals surface area contributed by atoms with E-state index in [1.165, 1.54) is 0 Å². The first-order valence-corrected chi connectivity index (χ1v) is 6.39. The van der Waals surface area contributed by atoms with Gasteiger partial charge in [-0.05, 0) is 25.0 Å². The molecule has 0 aromatic heterocycles. The smallest absolute Gasteiger partial charge is 0.251 e. The maximum Gasteiger partial charge on any atom is 0.251 e. The molecule has 108 valence electrons. The summed E-state index contributed by atoms with van der Waals surface area (Å²) in [7, 11) is 0. The number of rotatable bonds is 6. The summed E-state index contributed by atoms with van der Waals surface area (Å²) >= 11 is 0. The Labute approximate surface area is 117 Å². The third-order valence-corrected chi connectivity index (χ3v) is 2.88. The lowest BCUT2D eigenvalue weighted by molar-refractivity contribution is 0.0933. The fourth-order valence-electron chi connectivity index (χ4n) is 1.70. The number of carbonyl (C=O) groups is 1. The summed E-state index contributed by atoms with van der Waals surface area (Å²) in [4.78, 5) is 11.9. The molecular formula is C15H17F2NO2. The number of carbonyl (C=O) groups excluding carboxylic acids is 1. The zero-order valence-electron chi connectivity index (χ0n) is 11.5. The number of halogens is 2. The zero-order chi connectivity index (χ0) is 15.1. The second kappa shape index (κ2) is 7.49. The number of ether oxygens (including phenoxy) is 1. The third-order valence-electron chi connectivity index (χ3n) is 2.88. The second-order valence-corrected chi connectivity index (χ2v) is 4.25. The molecule has 20 heavy (non-hydrogen) atoms. The Balaban J connectivity index is 2.93. The first-order chi connectivity index (χ1) is 9.53. The summed E-state index contributed by atoms with van der Waals surface area (Å²) in [6.07, 6.45) is 6.45. The van der Waals surface area contributed by atoms with E-state index in [1.807, 2.05) is 13.8 Å². The molecule has 0 aliphatic heterocycles. The maximum atomic E-state index is 13.7. The van der Waals surface area contributed by atoms with E-state index in [9.17, 15) is 13.6 Å². The van der Waals surface area contributed by atoms with Gasteiger partial charge in [0.1, 0.15) is 6.61 Å². The summed E-state index contributed by atoms with van der Waals surface area (Å²) in [6, 6.07) is 1.85. The first kappa shape index (κ1) is 16.0. The van der Waals surface area contributed by atoms with E-state index in [2.05, 4.69) is 11.2 Å². The Bertz CT molecular complexity index is 496. The van der Waals surface area contributed by atoms with Crippen LogP contribution < -0.4 is 10.1 Å². The van der Waals surface area contributed by atoms with Crippen molar-refractivity contribution in [2.45, 2.75) is 32.7 Å². The average Bonchev–Trinajstić information content (AvgIpc) is 2.43. The van der Waals surface area contributed by atoms with E-state index in [-0.39, 0.29) is 18.2 Å². The predicted octanol–water partition coefficient (Wildman–Crippen LogP) is 2.90. The highest BCUT2D eigenvalue weighted by atomic mass is 19.1. The number of terminal acetylenes is 1. The van der Waals surface area contributed by atoms with Gasteiger partial charge in [-0.1, -0.05) is 19.8 Å². The molecule has 0 unspecified atom stereocenters. The molecule has 0 bridgehead atoms. The first-order valence-electron chi connectivity index (χ1n) is 6.39. The number of hydrogen-bond acceptors (Lipinski definition) is 2. The van der Waals surface area contributed by atoms with Crippen LogP contribution in [0.2, 0.25) is 0 Å². The largest absolute Gasteiger partial charge is 0.475 e. The Morgan fingerprint density at radius 2 is 1.90 bits per heavy atom. The highest BCUT2D eigenvalue weighted by molar-refractivity contribution is 5.94. The van der Waals surface area contributed by atoms with Crippen LogP contribution in [0.1, 0.15) is 37.0 Å². The maximum absolute atomic E-state index is 13.7. The number of hydrogen-bond donors (Lipinski definition) is 1. The molecule has 0 aliphatic carbocycles. The van der Waals surface area contributed by atoms with Gasteiger partial charge in [0.2, 0.25) is 0 Å². The molecule has 0 aliphatic rings. The monoisotopic (exact) mass is 281 g/mol. The summed E-state index contributed by atoms with van der Waals surface area (Å²) < 4.78 is 32.1. The van der Waals surface area contributed by atoms with Gasteiger partial charge in [-0.25, -0.2) is 8.78 Å². The Kier molecular flexibility index (Phi) is 5.98. The minimum absolute atomic E-state index is 0.0222. The van der Waals surface area contributed by atoms with Crippen molar-refractivity contribution in [3.05, 3.63) is 29.3 Å². The van der Waals surface area contributed by atoms with Crippen LogP contribution in [0.5, 0.6) is 5.75 Å². The van der Waals surface area contributed by atoms with Crippen molar-refractivity contribution in [1.82, 2.24) is 5.32 Å². The van der Waals surface area contributed by atoms with Crippen molar-refractivity contribution in [1.29, 1.82) is 0 Å². The molecule has 0 fully saturated rings. The van der Waals surface area contributed by atoms with Gasteiger partial charge >= 0.3 is 0 Å². The number of benzene rings is 1. The van der Waals surface area contributed by atoms with Gasteiger partial charge in [0.05, 0.1) is 0 Å². The van der Waals surface area contributed by atoms with Crippen LogP contribution in [0.4, 0.5) is 8.78 Å². The Morgan fingerprint density at radius 1 is 1.35 bits per heavy atom. The lowest BCUT2D eigenvalue weighted by Crippen LogP contribution is -2.33. The van der Waals surface area contributed by atoms with Crippen LogP contribution >= 0.6 is 0 Å². The van der Waals surface area contributed by atoms with Gasteiger partial charge in [0.15, 0.2) is 17.4 Å². The fourth-order valence-corrected chi connectivity index (χ4v) is 1.70. The molecule has 3 nitrogen and oxygen atoms in total. The lowest BCUT2D eigenvalue weighted by atomic mass is 10.1. The summed E-state index contributed by atoms with van der Waals surface area (Å²) in [5, 5.41) is 2.70. The molecule has 0 radical (unpaired) electrons. The minimum Gasteiger partial charge on any atom is -0.475 e. The molecule has 0 saturated carbocycles. The molecule has 0 heterocycles. The standard InChI is InChI=1S/C15H17F2NO2/c1-4-7-20-14-12(16)8-10(9-13(14)17)15(19)18-11(5-2)6-3/h1,8-9,11H,5-7H2,2-3H3,(H,18,19). The molecular weight excluding hydrogens is 264 g/mol. The number of nitrogens with one attached hydrogen (secondary N) is 1.